The summed E-state index contributed by atoms with van der Waals surface area (Å²) in [4.78, 5) is 23.1. The van der Waals surface area contributed by atoms with Crippen LogP contribution in [0.5, 0.6) is 0 Å². The van der Waals surface area contributed by atoms with Crippen LogP contribution in [-0.4, -0.2) is 17.9 Å². The van der Waals surface area contributed by atoms with Crippen LogP contribution in [0.25, 0.3) is 0 Å². The van der Waals surface area contributed by atoms with E-state index in [1.165, 1.54) is 0 Å². The van der Waals surface area contributed by atoms with E-state index in [0.29, 0.717) is 17.8 Å². The van der Waals surface area contributed by atoms with Gasteiger partial charge in [-0.2, -0.15) is 0 Å². The minimum atomic E-state index is -0.268. The first kappa shape index (κ1) is 10.5. The van der Waals surface area contributed by atoms with Crippen LogP contribution in [0.15, 0.2) is 30.3 Å². The van der Waals surface area contributed by atoms with E-state index in [2.05, 4.69) is 0 Å². The van der Waals surface area contributed by atoms with Gasteiger partial charge in [0.2, 0.25) is 0 Å². The molecule has 2 aliphatic carbocycles. The summed E-state index contributed by atoms with van der Waals surface area (Å²) in [6.07, 6.45) is 2.26. The summed E-state index contributed by atoms with van der Waals surface area (Å²) >= 11 is 0. The quantitative estimate of drug-likeness (QED) is 0.731. The average Bonchev–Trinajstić information content (AvgIpc) is 2.67. The van der Waals surface area contributed by atoms with Crippen LogP contribution < -0.4 is 0 Å². The molecule has 0 unspecified atom stereocenters. The van der Waals surface area contributed by atoms with Gasteiger partial charge < -0.3 is 4.74 Å². The minimum Gasteiger partial charge on any atom is -0.458 e. The lowest BCUT2D eigenvalue weighted by atomic mass is 9.74. The molecule has 0 radical (unpaired) electrons. The SMILES string of the molecule is O=C(O[C@@H]1CC[C@H]2C(=O)C[C@H]12)c1ccccc1. The lowest BCUT2D eigenvalue weighted by molar-refractivity contribution is -0.135. The third-order valence-electron chi connectivity index (χ3n) is 3.87. The van der Waals surface area contributed by atoms with Gasteiger partial charge in [-0.15, -0.1) is 0 Å². The Hall–Kier alpha value is -1.64. The van der Waals surface area contributed by atoms with Crippen LogP contribution in [0.2, 0.25) is 0 Å². The number of fused-ring (bicyclic) bond motifs is 1. The van der Waals surface area contributed by atoms with Gasteiger partial charge in [-0.25, -0.2) is 4.79 Å². The van der Waals surface area contributed by atoms with Gasteiger partial charge in [-0.05, 0) is 25.0 Å². The van der Waals surface area contributed by atoms with E-state index in [9.17, 15) is 9.59 Å². The van der Waals surface area contributed by atoms with Crippen LogP contribution in [0, 0.1) is 11.8 Å². The Morgan fingerprint density at radius 2 is 1.94 bits per heavy atom. The van der Waals surface area contributed by atoms with Crippen molar-refractivity contribution in [3.63, 3.8) is 0 Å². The summed E-state index contributed by atoms with van der Waals surface area (Å²) in [7, 11) is 0. The maximum Gasteiger partial charge on any atom is 0.338 e. The molecule has 0 aromatic heterocycles. The molecule has 3 atom stereocenters. The van der Waals surface area contributed by atoms with E-state index < -0.39 is 0 Å². The van der Waals surface area contributed by atoms with Crippen molar-refractivity contribution in [3.05, 3.63) is 35.9 Å². The number of carbonyl (C=O) groups is 2. The minimum absolute atomic E-state index is 0.0505. The molecule has 3 heteroatoms. The van der Waals surface area contributed by atoms with Crippen molar-refractivity contribution in [2.45, 2.75) is 25.4 Å². The molecule has 0 heterocycles. The summed E-state index contributed by atoms with van der Waals surface area (Å²) in [6.45, 7) is 0. The number of benzene rings is 1. The van der Waals surface area contributed by atoms with E-state index in [1.807, 2.05) is 18.2 Å². The monoisotopic (exact) mass is 230 g/mol. The zero-order valence-corrected chi connectivity index (χ0v) is 9.46. The normalized spacial score (nSPS) is 30.6. The molecule has 0 bridgehead atoms. The Labute approximate surface area is 99.8 Å². The second-order valence-electron chi connectivity index (χ2n) is 4.83. The van der Waals surface area contributed by atoms with Crippen LogP contribution >= 0.6 is 0 Å². The Balaban J connectivity index is 1.65. The number of esters is 1. The number of carbonyl (C=O) groups excluding carboxylic acids is 2. The van der Waals surface area contributed by atoms with Crippen LogP contribution in [0.4, 0.5) is 0 Å². The molecule has 0 aliphatic heterocycles. The van der Waals surface area contributed by atoms with Gasteiger partial charge in [0.1, 0.15) is 11.9 Å². The first-order valence-electron chi connectivity index (χ1n) is 6.04. The Kier molecular flexibility index (Phi) is 2.46. The predicted molar refractivity (Wildman–Crippen MR) is 61.5 cm³/mol. The van der Waals surface area contributed by atoms with Gasteiger partial charge in [0, 0.05) is 18.3 Å². The maximum atomic E-state index is 11.9. The van der Waals surface area contributed by atoms with Crippen molar-refractivity contribution in [2.75, 3.05) is 0 Å². The summed E-state index contributed by atoms with van der Waals surface area (Å²) in [6, 6.07) is 9.01. The lowest BCUT2D eigenvalue weighted by Crippen LogP contribution is -2.39. The van der Waals surface area contributed by atoms with Gasteiger partial charge >= 0.3 is 5.97 Å². The van der Waals surface area contributed by atoms with Gasteiger partial charge in [-0.3, -0.25) is 4.79 Å². The number of rotatable bonds is 2. The van der Waals surface area contributed by atoms with E-state index in [-0.39, 0.29) is 23.9 Å². The molecule has 2 saturated carbocycles. The summed E-state index contributed by atoms with van der Waals surface area (Å²) < 4.78 is 5.49. The molecule has 3 rings (SSSR count). The topological polar surface area (TPSA) is 43.4 Å². The van der Waals surface area contributed by atoms with Crippen molar-refractivity contribution < 1.29 is 14.3 Å². The van der Waals surface area contributed by atoms with E-state index in [0.717, 1.165) is 12.8 Å². The second kappa shape index (κ2) is 3.99. The zero-order chi connectivity index (χ0) is 11.8. The molecule has 0 spiro atoms. The zero-order valence-electron chi connectivity index (χ0n) is 9.46. The number of hydrogen-bond donors (Lipinski definition) is 0. The van der Waals surface area contributed by atoms with Crippen molar-refractivity contribution in [3.8, 4) is 0 Å². The second-order valence-corrected chi connectivity index (χ2v) is 4.83. The average molecular weight is 230 g/mol. The fourth-order valence-electron chi connectivity index (χ4n) is 2.85. The Morgan fingerprint density at radius 3 is 2.59 bits per heavy atom. The summed E-state index contributed by atoms with van der Waals surface area (Å²) in [5.41, 5.74) is 0.585. The molecule has 0 saturated heterocycles. The molecule has 88 valence electrons. The van der Waals surface area contributed by atoms with Gasteiger partial charge in [0.15, 0.2) is 0 Å². The molecule has 0 N–H and O–H groups in total. The molecule has 3 nitrogen and oxygen atoms in total. The number of hydrogen-bond acceptors (Lipinski definition) is 3. The Bertz CT molecular complexity index is 452. The van der Waals surface area contributed by atoms with E-state index in [4.69, 9.17) is 4.74 Å². The third-order valence-corrected chi connectivity index (χ3v) is 3.87. The third kappa shape index (κ3) is 1.75. The molecule has 1 aromatic rings. The fraction of sp³-hybridized carbons (Fsp3) is 0.429. The van der Waals surface area contributed by atoms with Crippen LogP contribution in [-0.2, 0) is 9.53 Å². The molecule has 0 amide bonds. The van der Waals surface area contributed by atoms with Crippen LogP contribution in [0.3, 0.4) is 0 Å². The predicted octanol–water partition coefficient (Wildman–Crippen LogP) is 2.21. The number of ether oxygens (including phenoxy) is 1. The summed E-state index contributed by atoms with van der Waals surface area (Å²) in [5.74, 6) is 0.530. The van der Waals surface area contributed by atoms with E-state index in [1.54, 1.807) is 12.1 Å². The van der Waals surface area contributed by atoms with Crippen molar-refractivity contribution in [1.82, 2.24) is 0 Å². The smallest absolute Gasteiger partial charge is 0.338 e. The van der Waals surface area contributed by atoms with E-state index >= 15 is 0 Å². The molecule has 1 aromatic carbocycles. The molecular weight excluding hydrogens is 216 g/mol. The fourth-order valence-corrected chi connectivity index (χ4v) is 2.85. The highest BCUT2D eigenvalue weighted by Crippen LogP contribution is 2.45. The summed E-state index contributed by atoms with van der Waals surface area (Å²) in [5, 5.41) is 0. The maximum absolute atomic E-state index is 11.9. The lowest BCUT2D eigenvalue weighted by Gasteiger charge is -2.31. The number of ketones is 1. The van der Waals surface area contributed by atoms with Gasteiger partial charge in [0.05, 0.1) is 5.56 Å². The van der Waals surface area contributed by atoms with Crippen LogP contribution in [0.1, 0.15) is 29.6 Å². The largest absolute Gasteiger partial charge is 0.458 e. The molecular formula is C14H14O3. The molecule has 2 aliphatic rings. The standard InChI is InChI=1S/C14H14O3/c15-12-8-11-10(12)6-7-13(11)17-14(16)9-4-2-1-3-5-9/h1-5,10-11,13H,6-8H2/t10-,11+,13-/m1/s1. The highest BCUT2D eigenvalue weighted by molar-refractivity contribution is 5.90. The highest BCUT2D eigenvalue weighted by atomic mass is 16.5. The number of Topliss-reactive ketones (excluding diaryl/α,β-unsaturated/α-hetero) is 1. The van der Waals surface area contributed by atoms with Crippen molar-refractivity contribution in [1.29, 1.82) is 0 Å². The van der Waals surface area contributed by atoms with Crippen molar-refractivity contribution in [2.24, 2.45) is 11.8 Å². The van der Waals surface area contributed by atoms with Crippen molar-refractivity contribution >= 4 is 11.8 Å². The first-order chi connectivity index (χ1) is 8.25. The highest BCUT2D eigenvalue weighted by Gasteiger charge is 2.50. The van der Waals surface area contributed by atoms with Gasteiger partial charge in [-0.1, -0.05) is 18.2 Å². The Morgan fingerprint density at radius 1 is 1.18 bits per heavy atom. The molecule has 17 heavy (non-hydrogen) atoms. The van der Waals surface area contributed by atoms with Gasteiger partial charge in [0.25, 0.3) is 0 Å². The molecule has 2 fully saturated rings. The first-order valence-corrected chi connectivity index (χ1v) is 6.04.